The molecule has 0 aliphatic carbocycles. The fraction of sp³-hybridized carbons (Fsp3) is 0.238. The predicted molar refractivity (Wildman–Crippen MR) is 105 cm³/mol. The Labute approximate surface area is 148 Å². The van der Waals surface area contributed by atoms with Crippen molar-refractivity contribution in [2.75, 3.05) is 5.32 Å². The van der Waals surface area contributed by atoms with Crippen LogP contribution in [0.3, 0.4) is 0 Å². The van der Waals surface area contributed by atoms with Gasteiger partial charge in [-0.05, 0) is 24.6 Å². The Hall–Kier alpha value is -2.88. The maximum absolute atomic E-state index is 4.57. The van der Waals surface area contributed by atoms with E-state index in [-0.39, 0.29) is 5.41 Å². The number of rotatable bonds is 6. The van der Waals surface area contributed by atoms with Gasteiger partial charge in [-0.1, -0.05) is 26.0 Å². The van der Waals surface area contributed by atoms with Crippen LogP contribution in [0.4, 0.5) is 11.5 Å². The van der Waals surface area contributed by atoms with E-state index in [2.05, 4.69) is 66.0 Å². The third-order valence-electron chi connectivity index (χ3n) is 4.61. The van der Waals surface area contributed by atoms with Gasteiger partial charge >= 0.3 is 0 Å². The third-order valence-corrected chi connectivity index (χ3v) is 4.61. The van der Waals surface area contributed by atoms with Gasteiger partial charge in [-0.25, -0.2) is 4.98 Å². The van der Waals surface area contributed by atoms with E-state index in [9.17, 15) is 0 Å². The van der Waals surface area contributed by atoms with Gasteiger partial charge in [-0.2, -0.15) is 0 Å². The Bertz CT molecular complexity index is 934. The fourth-order valence-corrected chi connectivity index (χ4v) is 2.97. The summed E-state index contributed by atoms with van der Waals surface area (Å²) in [6.07, 6.45) is 11.5. The predicted octanol–water partition coefficient (Wildman–Crippen LogP) is 5.13. The fourth-order valence-electron chi connectivity index (χ4n) is 2.97. The largest absolute Gasteiger partial charge is 0.344 e. The number of hydrogen-bond donors (Lipinski definition) is 1. The summed E-state index contributed by atoms with van der Waals surface area (Å²) in [5.74, 6) is 0.843. The van der Waals surface area contributed by atoms with Crippen molar-refractivity contribution in [1.29, 1.82) is 0 Å². The molecule has 25 heavy (non-hydrogen) atoms. The Morgan fingerprint density at radius 3 is 2.76 bits per heavy atom. The number of allylic oxidation sites excluding steroid dienone is 2. The zero-order chi connectivity index (χ0) is 18.0. The highest BCUT2D eigenvalue weighted by atomic mass is 15.0. The van der Waals surface area contributed by atoms with Gasteiger partial charge in [0, 0.05) is 53.4 Å². The summed E-state index contributed by atoms with van der Waals surface area (Å²) < 4.78 is 2.16. The standard InChI is InChI=1S/C21H24N4/c1-6-11-25-12-9-16-18(25)8-10-23-20(16)24-19-15(3)13-22-14-17(19)21(4,5)7-2/h6-10,12-14H,1-2,11H2,3-5H3,(H,22,23,24). The molecule has 0 amide bonds. The Balaban J connectivity index is 2.11. The van der Waals surface area contributed by atoms with Gasteiger partial charge < -0.3 is 9.88 Å². The SMILES string of the molecule is C=CCn1ccc2c(Nc3c(C)cncc3C(C)(C)C=C)nccc21. The number of aromatic nitrogens is 3. The smallest absolute Gasteiger partial charge is 0.139 e. The second-order valence-corrected chi connectivity index (χ2v) is 6.78. The Morgan fingerprint density at radius 2 is 2.04 bits per heavy atom. The number of pyridine rings is 2. The highest BCUT2D eigenvalue weighted by Gasteiger charge is 2.22. The van der Waals surface area contributed by atoms with Gasteiger partial charge in [0.2, 0.25) is 0 Å². The average molecular weight is 332 g/mol. The molecule has 128 valence electrons. The highest BCUT2D eigenvalue weighted by Crippen LogP contribution is 2.35. The average Bonchev–Trinajstić information content (AvgIpc) is 3.01. The first-order valence-electron chi connectivity index (χ1n) is 8.38. The normalized spacial score (nSPS) is 11.5. The zero-order valence-electron chi connectivity index (χ0n) is 15.1. The second kappa shape index (κ2) is 6.55. The summed E-state index contributed by atoms with van der Waals surface area (Å²) in [6, 6.07) is 4.11. The molecule has 0 atom stereocenters. The lowest BCUT2D eigenvalue weighted by atomic mass is 9.84. The number of nitrogens with zero attached hydrogens (tertiary/aromatic N) is 3. The topological polar surface area (TPSA) is 42.7 Å². The lowest BCUT2D eigenvalue weighted by Crippen LogP contribution is -2.16. The minimum atomic E-state index is -0.190. The molecule has 3 aromatic rings. The molecule has 0 radical (unpaired) electrons. The summed E-state index contributed by atoms with van der Waals surface area (Å²) >= 11 is 0. The lowest BCUT2D eigenvalue weighted by Gasteiger charge is -2.25. The van der Waals surface area contributed by atoms with Crippen molar-refractivity contribution >= 4 is 22.4 Å². The van der Waals surface area contributed by atoms with Crippen LogP contribution in [0.15, 0.2) is 62.2 Å². The van der Waals surface area contributed by atoms with Crippen LogP contribution < -0.4 is 5.32 Å². The molecule has 0 aliphatic heterocycles. The molecule has 3 aromatic heterocycles. The molecule has 0 fully saturated rings. The Kier molecular flexibility index (Phi) is 4.45. The molecule has 0 unspecified atom stereocenters. The van der Waals surface area contributed by atoms with Gasteiger partial charge in [0.1, 0.15) is 5.82 Å². The summed E-state index contributed by atoms with van der Waals surface area (Å²) in [4.78, 5) is 8.94. The molecular formula is C21H24N4. The summed E-state index contributed by atoms with van der Waals surface area (Å²) in [7, 11) is 0. The minimum Gasteiger partial charge on any atom is -0.344 e. The van der Waals surface area contributed by atoms with E-state index in [1.165, 1.54) is 0 Å². The highest BCUT2D eigenvalue weighted by molar-refractivity contribution is 5.92. The molecule has 3 heterocycles. The zero-order valence-corrected chi connectivity index (χ0v) is 15.1. The molecule has 3 rings (SSSR count). The van der Waals surface area contributed by atoms with Gasteiger partial charge in [-0.15, -0.1) is 13.2 Å². The molecule has 0 spiro atoms. The lowest BCUT2D eigenvalue weighted by molar-refractivity contribution is 0.669. The molecule has 4 heteroatoms. The van der Waals surface area contributed by atoms with Crippen molar-refractivity contribution in [3.8, 4) is 0 Å². The van der Waals surface area contributed by atoms with E-state index in [1.807, 2.05) is 36.8 Å². The van der Waals surface area contributed by atoms with E-state index in [0.29, 0.717) is 0 Å². The van der Waals surface area contributed by atoms with Crippen molar-refractivity contribution < 1.29 is 0 Å². The van der Waals surface area contributed by atoms with Crippen molar-refractivity contribution in [3.63, 3.8) is 0 Å². The van der Waals surface area contributed by atoms with Crippen LogP contribution in [-0.2, 0) is 12.0 Å². The molecule has 0 aliphatic rings. The van der Waals surface area contributed by atoms with Crippen molar-refractivity contribution in [1.82, 2.24) is 14.5 Å². The monoisotopic (exact) mass is 332 g/mol. The first-order valence-corrected chi connectivity index (χ1v) is 8.38. The number of anilines is 2. The number of fused-ring (bicyclic) bond motifs is 1. The van der Waals surface area contributed by atoms with Gasteiger partial charge in [-0.3, -0.25) is 4.98 Å². The van der Waals surface area contributed by atoms with Crippen molar-refractivity contribution in [2.45, 2.75) is 32.7 Å². The van der Waals surface area contributed by atoms with E-state index < -0.39 is 0 Å². The van der Waals surface area contributed by atoms with Crippen LogP contribution in [0.1, 0.15) is 25.0 Å². The number of nitrogens with one attached hydrogen (secondary N) is 1. The number of hydrogen-bond acceptors (Lipinski definition) is 3. The van der Waals surface area contributed by atoms with Crippen LogP contribution >= 0.6 is 0 Å². The first-order chi connectivity index (χ1) is 12.0. The second-order valence-electron chi connectivity index (χ2n) is 6.78. The van der Waals surface area contributed by atoms with Crippen LogP contribution in [0.25, 0.3) is 10.9 Å². The first kappa shape index (κ1) is 17.0. The minimum absolute atomic E-state index is 0.190. The molecule has 1 N–H and O–H groups in total. The molecule has 4 nitrogen and oxygen atoms in total. The number of aryl methyl sites for hydroxylation is 1. The van der Waals surface area contributed by atoms with Crippen LogP contribution in [0.5, 0.6) is 0 Å². The van der Waals surface area contributed by atoms with E-state index >= 15 is 0 Å². The van der Waals surface area contributed by atoms with Crippen molar-refractivity contribution in [2.24, 2.45) is 0 Å². The Morgan fingerprint density at radius 1 is 1.24 bits per heavy atom. The van der Waals surface area contributed by atoms with Gasteiger partial charge in [0.25, 0.3) is 0 Å². The summed E-state index contributed by atoms with van der Waals surface area (Å²) in [6.45, 7) is 14.9. The van der Waals surface area contributed by atoms with Gasteiger partial charge in [0.15, 0.2) is 0 Å². The molecule has 0 bridgehead atoms. The molecule has 0 saturated heterocycles. The van der Waals surface area contributed by atoms with Crippen LogP contribution in [0.2, 0.25) is 0 Å². The van der Waals surface area contributed by atoms with Crippen molar-refractivity contribution in [3.05, 3.63) is 73.4 Å². The maximum Gasteiger partial charge on any atom is 0.139 e. The van der Waals surface area contributed by atoms with Gasteiger partial charge in [0.05, 0.1) is 5.52 Å². The van der Waals surface area contributed by atoms with E-state index in [4.69, 9.17) is 0 Å². The quantitative estimate of drug-likeness (QED) is 0.636. The summed E-state index contributed by atoms with van der Waals surface area (Å²) in [5.41, 5.74) is 4.16. The molecule has 0 aromatic carbocycles. The molecular weight excluding hydrogens is 308 g/mol. The van der Waals surface area contributed by atoms with E-state index in [0.717, 1.165) is 40.1 Å². The van der Waals surface area contributed by atoms with Crippen LogP contribution in [0, 0.1) is 6.92 Å². The summed E-state index contributed by atoms with van der Waals surface area (Å²) in [5, 5.41) is 4.63. The molecule has 0 saturated carbocycles. The third kappa shape index (κ3) is 3.07. The van der Waals surface area contributed by atoms with Crippen LogP contribution in [-0.4, -0.2) is 14.5 Å². The maximum atomic E-state index is 4.57. The van der Waals surface area contributed by atoms with E-state index in [1.54, 1.807) is 0 Å².